The van der Waals surface area contributed by atoms with E-state index in [0.717, 1.165) is 34.4 Å². The van der Waals surface area contributed by atoms with Gasteiger partial charge >= 0.3 is 0 Å². The molecule has 0 amide bonds. The number of hydrogen-bond acceptors (Lipinski definition) is 2. The van der Waals surface area contributed by atoms with E-state index < -0.39 is 17.4 Å². The Kier molecular flexibility index (Phi) is 8.11. The molecule has 0 aliphatic heterocycles. The maximum Gasteiger partial charge on any atom is 0.192 e. The van der Waals surface area contributed by atoms with Gasteiger partial charge in [-0.1, -0.05) is 72.8 Å². The lowest BCUT2D eigenvalue weighted by atomic mass is 9.82. The van der Waals surface area contributed by atoms with Gasteiger partial charge in [-0.05, 0) is 65.8 Å². The minimum Gasteiger partial charge on any atom is -0.299 e. The first-order valence-electron chi connectivity index (χ1n) is 13.4. The molecule has 40 heavy (non-hydrogen) atoms. The predicted molar refractivity (Wildman–Crippen MR) is 150 cm³/mol. The SMILES string of the molecule is Cc1cc(F)cc(F)c1C(=O)C1=CC(c2ccc(F)cc2)CC1c1ccccc1CCC(=O)Cc1ccccc1. The molecule has 4 aromatic carbocycles. The quantitative estimate of drug-likeness (QED) is 0.201. The van der Waals surface area contributed by atoms with E-state index in [1.807, 2.05) is 60.7 Å². The van der Waals surface area contributed by atoms with Crippen molar-refractivity contribution in [1.82, 2.24) is 0 Å². The molecular weight excluding hydrogens is 509 g/mol. The highest BCUT2D eigenvalue weighted by Crippen LogP contribution is 2.45. The normalized spacial score (nSPS) is 16.6. The second-order valence-electron chi connectivity index (χ2n) is 10.4. The number of hydrogen-bond donors (Lipinski definition) is 0. The van der Waals surface area contributed by atoms with Crippen LogP contribution in [0.2, 0.25) is 0 Å². The highest BCUT2D eigenvalue weighted by atomic mass is 19.1. The van der Waals surface area contributed by atoms with Gasteiger partial charge in [-0.25, -0.2) is 13.2 Å². The van der Waals surface area contributed by atoms with E-state index in [0.29, 0.717) is 31.3 Å². The summed E-state index contributed by atoms with van der Waals surface area (Å²) in [6.45, 7) is 1.52. The third kappa shape index (κ3) is 5.99. The smallest absolute Gasteiger partial charge is 0.192 e. The zero-order chi connectivity index (χ0) is 28.2. The molecule has 2 atom stereocenters. The summed E-state index contributed by atoms with van der Waals surface area (Å²) in [4.78, 5) is 26.6. The Morgan fingerprint density at radius 1 is 0.825 bits per heavy atom. The molecule has 0 aromatic heterocycles. The molecule has 2 nitrogen and oxygen atoms in total. The first-order valence-corrected chi connectivity index (χ1v) is 13.4. The van der Waals surface area contributed by atoms with Gasteiger partial charge in [0.25, 0.3) is 0 Å². The van der Waals surface area contributed by atoms with Gasteiger partial charge in [-0.15, -0.1) is 0 Å². The number of allylic oxidation sites excluding steroid dienone is 2. The fraction of sp³-hybridized carbons (Fsp3) is 0.200. The van der Waals surface area contributed by atoms with Gasteiger partial charge in [-0.2, -0.15) is 0 Å². The molecule has 0 spiro atoms. The first kappa shape index (κ1) is 27.3. The Bertz CT molecular complexity index is 1550. The molecule has 4 aromatic rings. The Hall–Kier alpha value is -4.25. The average Bonchev–Trinajstić information content (AvgIpc) is 3.38. The number of Topliss-reactive ketones (excluding diaryl/α,β-unsaturated/α-hetero) is 2. The molecule has 202 valence electrons. The summed E-state index contributed by atoms with van der Waals surface area (Å²) in [7, 11) is 0. The zero-order valence-corrected chi connectivity index (χ0v) is 22.2. The van der Waals surface area contributed by atoms with Crippen LogP contribution in [0.15, 0.2) is 103 Å². The Balaban J connectivity index is 1.47. The van der Waals surface area contributed by atoms with Crippen molar-refractivity contribution < 1.29 is 22.8 Å². The van der Waals surface area contributed by atoms with Crippen LogP contribution in [0.1, 0.15) is 62.9 Å². The Morgan fingerprint density at radius 3 is 2.25 bits per heavy atom. The van der Waals surface area contributed by atoms with Gasteiger partial charge in [0.2, 0.25) is 0 Å². The average molecular weight is 539 g/mol. The maximum atomic E-state index is 14.9. The molecule has 0 radical (unpaired) electrons. The Morgan fingerprint density at radius 2 is 1.52 bits per heavy atom. The van der Waals surface area contributed by atoms with E-state index in [1.165, 1.54) is 19.1 Å². The van der Waals surface area contributed by atoms with E-state index in [4.69, 9.17) is 0 Å². The molecular formula is C35H29F3O2. The monoisotopic (exact) mass is 538 g/mol. The largest absolute Gasteiger partial charge is 0.299 e. The molecule has 0 heterocycles. The Labute approximate surface area is 232 Å². The van der Waals surface area contributed by atoms with Crippen molar-refractivity contribution in [3.8, 4) is 0 Å². The summed E-state index contributed by atoms with van der Waals surface area (Å²) >= 11 is 0. The summed E-state index contributed by atoms with van der Waals surface area (Å²) in [5, 5.41) is 0. The van der Waals surface area contributed by atoms with Crippen LogP contribution in [-0.4, -0.2) is 11.6 Å². The number of carbonyl (C=O) groups is 2. The molecule has 0 N–H and O–H groups in total. The fourth-order valence-electron chi connectivity index (χ4n) is 5.67. The number of benzene rings is 4. The van der Waals surface area contributed by atoms with Crippen molar-refractivity contribution in [2.24, 2.45) is 0 Å². The van der Waals surface area contributed by atoms with Crippen LogP contribution >= 0.6 is 0 Å². The zero-order valence-electron chi connectivity index (χ0n) is 22.2. The molecule has 1 aliphatic rings. The van der Waals surface area contributed by atoms with Crippen molar-refractivity contribution in [2.45, 2.75) is 44.4 Å². The fourth-order valence-corrected chi connectivity index (χ4v) is 5.67. The van der Waals surface area contributed by atoms with Crippen LogP contribution in [0.3, 0.4) is 0 Å². The van der Waals surface area contributed by atoms with Crippen molar-refractivity contribution in [1.29, 1.82) is 0 Å². The minimum absolute atomic E-state index is 0.118. The minimum atomic E-state index is -0.896. The molecule has 0 saturated heterocycles. The first-order chi connectivity index (χ1) is 19.3. The van der Waals surface area contributed by atoms with Gasteiger partial charge in [-0.3, -0.25) is 9.59 Å². The molecule has 0 saturated carbocycles. The van der Waals surface area contributed by atoms with Crippen LogP contribution in [-0.2, 0) is 17.6 Å². The van der Waals surface area contributed by atoms with E-state index in [9.17, 15) is 22.8 Å². The molecule has 5 heteroatoms. The second kappa shape index (κ2) is 11.9. The summed E-state index contributed by atoms with van der Waals surface area (Å²) in [5.74, 6) is -2.92. The summed E-state index contributed by atoms with van der Waals surface area (Å²) in [6.07, 6.45) is 3.57. The second-order valence-corrected chi connectivity index (χ2v) is 10.4. The van der Waals surface area contributed by atoms with E-state index in [2.05, 4.69) is 0 Å². The van der Waals surface area contributed by atoms with E-state index in [-0.39, 0.29) is 34.6 Å². The lowest BCUT2D eigenvalue weighted by Crippen LogP contribution is -2.14. The van der Waals surface area contributed by atoms with E-state index >= 15 is 0 Å². The van der Waals surface area contributed by atoms with E-state index in [1.54, 1.807) is 12.1 Å². The van der Waals surface area contributed by atoms with Crippen LogP contribution in [0, 0.1) is 24.4 Å². The van der Waals surface area contributed by atoms with Crippen LogP contribution in [0.25, 0.3) is 0 Å². The molecule has 0 fully saturated rings. The van der Waals surface area contributed by atoms with Gasteiger partial charge in [0, 0.05) is 36.3 Å². The molecule has 0 bridgehead atoms. The predicted octanol–water partition coefficient (Wildman–Crippen LogP) is 8.24. The van der Waals surface area contributed by atoms with Crippen LogP contribution < -0.4 is 0 Å². The summed E-state index contributed by atoms with van der Waals surface area (Å²) in [6, 6.07) is 25.3. The third-order valence-electron chi connectivity index (χ3n) is 7.63. The summed E-state index contributed by atoms with van der Waals surface area (Å²) in [5.41, 5.74) is 4.17. The van der Waals surface area contributed by atoms with Crippen molar-refractivity contribution in [2.75, 3.05) is 0 Å². The summed E-state index contributed by atoms with van der Waals surface area (Å²) < 4.78 is 42.4. The third-order valence-corrected chi connectivity index (χ3v) is 7.63. The number of halogens is 3. The highest BCUT2D eigenvalue weighted by Gasteiger charge is 2.35. The molecule has 1 aliphatic carbocycles. The van der Waals surface area contributed by atoms with Crippen molar-refractivity contribution in [3.05, 3.63) is 153 Å². The number of carbonyl (C=O) groups excluding carboxylic acids is 2. The molecule has 5 rings (SSSR count). The highest BCUT2D eigenvalue weighted by molar-refractivity contribution is 6.11. The van der Waals surface area contributed by atoms with Crippen molar-refractivity contribution >= 4 is 11.6 Å². The van der Waals surface area contributed by atoms with Gasteiger partial charge in [0.1, 0.15) is 23.2 Å². The van der Waals surface area contributed by atoms with Crippen molar-refractivity contribution in [3.63, 3.8) is 0 Å². The van der Waals surface area contributed by atoms with Crippen LogP contribution in [0.4, 0.5) is 13.2 Å². The number of ketones is 2. The molecule has 2 unspecified atom stereocenters. The van der Waals surface area contributed by atoms with Crippen LogP contribution in [0.5, 0.6) is 0 Å². The lowest BCUT2D eigenvalue weighted by Gasteiger charge is -2.20. The standard InChI is InChI=1S/C35H29F3O2/c1-22-17-28(37)21-33(38)34(22)35(40)32-20-26(24-11-14-27(36)15-12-24)19-31(32)30-10-6-5-9-25(30)13-16-29(39)18-23-7-3-2-4-8-23/h2-12,14-15,17,20-21,26,31H,13,16,18-19H2,1H3. The number of rotatable bonds is 9. The lowest BCUT2D eigenvalue weighted by molar-refractivity contribution is -0.118. The topological polar surface area (TPSA) is 34.1 Å². The number of aryl methyl sites for hydroxylation is 2. The maximum absolute atomic E-state index is 14.9. The van der Waals surface area contributed by atoms with Gasteiger partial charge in [0.05, 0.1) is 5.56 Å². The van der Waals surface area contributed by atoms with Gasteiger partial charge < -0.3 is 0 Å². The van der Waals surface area contributed by atoms with Gasteiger partial charge in [0.15, 0.2) is 5.78 Å².